The maximum Gasteiger partial charge on any atom is 0.407 e. The molecule has 1 unspecified atom stereocenters. The number of alkyl halides is 5. The zero-order chi connectivity index (χ0) is 18.3. The summed E-state index contributed by atoms with van der Waals surface area (Å²) in [5.41, 5.74) is -0.787. The molecule has 0 bridgehead atoms. The smallest absolute Gasteiger partial charge is 0.407 e. The van der Waals surface area contributed by atoms with Crippen LogP contribution in [0.4, 0.5) is 26.7 Å². The van der Waals surface area contributed by atoms with Crippen LogP contribution in [-0.4, -0.2) is 42.9 Å². The Hall–Kier alpha value is -1.12. The summed E-state index contributed by atoms with van der Waals surface area (Å²) >= 11 is 0. The van der Waals surface area contributed by atoms with Crippen LogP contribution < -0.4 is 10.6 Å². The number of carbonyl (C=O) groups is 1. The van der Waals surface area contributed by atoms with Crippen molar-refractivity contribution in [2.45, 2.75) is 70.7 Å². The third kappa shape index (κ3) is 14.2. The average molecular weight is 348 g/mol. The zero-order valence-electron chi connectivity index (χ0n) is 13.8. The minimum absolute atomic E-state index is 0.126. The number of nitrogens with one attached hydrogen (secondary N) is 2. The lowest BCUT2D eigenvalue weighted by molar-refractivity contribution is -0.135. The molecule has 0 aromatic rings. The third-order valence-electron chi connectivity index (χ3n) is 2.70. The maximum absolute atomic E-state index is 13.6. The van der Waals surface area contributed by atoms with Gasteiger partial charge in [0.1, 0.15) is 5.60 Å². The Morgan fingerprint density at radius 3 is 2.13 bits per heavy atom. The van der Waals surface area contributed by atoms with Crippen LogP contribution in [0.5, 0.6) is 0 Å². The predicted octanol–water partition coefficient (Wildman–Crippen LogP) is 3.86. The second-order valence-electron chi connectivity index (χ2n) is 6.50. The fourth-order valence-corrected chi connectivity index (χ4v) is 1.61. The molecule has 0 rings (SSSR count). The topological polar surface area (TPSA) is 50.4 Å². The molecule has 0 aromatic heterocycles. The molecule has 1 atom stereocenters. The largest absolute Gasteiger partial charge is 0.444 e. The van der Waals surface area contributed by atoms with E-state index in [2.05, 4.69) is 5.32 Å². The molecule has 0 aromatic carbocycles. The van der Waals surface area contributed by atoms with Crippen LogP contribution in [0.15, 0.2) is 0 Å². The van der Waals surface area contributed by atoms with Crippen molar-refractivity contribution in [3.8, 4) is 0 Å². The van der Waals surface area contributed by atoms with E-state index in [-0.39, 0.29) is 12.8 Å². The molecule has 0 spiro atoms. The van der Waals surface area contributed by atoms with Gasteiger partial charge < -0.3 is 15.4 Å². The Labute approximate surface area is 133 Å². The molecule has 0 saturated carbocycles. The van der Waals surface area contributed by atoms with Crippen LogP contribution in [0.25, 0.3) is 0 Å². The van der Waals surface area contributed by atoms with E-state index in [1.807, 2.05) is 5.32 Å². The average Bonchev–Trinajstić information content (AvgIpc) is 2.31. The van der Waals surface area contributed by atoms with Crippen LogP contribution in [0.1, 0.15) is 47.0 Å². The molecule has 4 nitrogen and oxygen atoms in total. The molecule has 138 valence electrons. The molecule has 1 amide bonds. The highest BCUT2D eigenvalue weighted by Gasteiger charge is 2.31. The van der Waals surface area contributed by atoms with E-state index < -0.39 is 49.3 Å². The summed E-state index contributed by atoms with van der Waals surface area (Å²) in [7, 11) is 0. The predicted molar refractivity (Wildman–Crippen MR) is 76.6 cm³/mol. The molecular formula is C14H25F5N2O2. The van der Waals surface area contributed by atoms with Gasteiger partial charge in [0.25, 0.3) is 5.92 Å². The Balaban J connectivity index is 4.01. The summed E-state index contributed by atoms with van der Waals surface area (Å²) in [5.74, 6) is -3.23. The molecule has 2 N–H and O–H groups in total. The summed E-state index contributed by atoms with van der Waals surface area (Å²) in [6.07, 6.45) is -6.11. The van der Waals surface area contributed by atoms with Crippen molar-refractivity contribution in [1.29, 1.82) is 0 Å². The summed E-state index contributed by atoms with van der Waals surface area (Å²) in [6, 6.07) is -0.482. The monoisotopic (exact) mass is 348 g/mol. The third-order valence-corrected chi connectivity index (χ3v) is 2.70. The highest BCUT2D eigenvalue weighted by atomic mass is 19.4. The Morgan fingerprint density at radius 2 is 1.65 bits per heavy atom. The number of rotatable bonds is 8. The van der Waals surface area contributed by atoms with Gasteiger partial charge in [-0.3, -0.25) is 0 Å². The number of hydrogen-bond donors (Lipinski definition) is 2. The van der Waals surface area contributed by atoms with E-state index >= 15 is 0 Å². The molecule has 0 aliphatic heterocycles. The number of amides is 1. The van der Waals surface area contributed by atoms with Crippen molar-refractivity contribution in [3.05, 3.63) is 0 Å². The lowest BCUT2D eigenvalue weighted by Gasteiger charge is -2.23. The number of hydrogen-bond acceptors (Lipinski definition) is 3. The first-order valence-corrected chi connectivity index (χ1v) is 7.35. The van der Waals surface area contributed by atoms with Gasteiger partial charge in [-0.05, 0) is 40.5 Å². The fraction of sp³-hybridized carbons (Fsp3) is 0.929. The van der Waals surface area contributed by atoms with E-state index in [9.17, 15) is 26.7 Å². The van der Waals surface area contributed by atoms with Gasteiger partial charge in [0.2, 0.25) is 0 Å². The molecule has 0 saturated heterocycles. The van der Waals surface area contributed by atoms with Gasteiger partial charge in [-0.25, -0.2) is 13.6 Å². The molecule has 0 heterocycles. The molecular weight excluding hydrogens is 323 g/mol. The molecule has 0 aliphatic carbocycles. The van der Waals surface area contributed by atoms with Crippen molar-refractivity contribution >= 4 is 6.09 Å². The molecule has 9 heteroatoms. The first-order chi connectivity index (χ1) is 10.2. The minimum Gasteiger partial charge on any atom is -0.444 e. The van der Waals surface area contributed by atoms with Gasteiger partial charge >= 0.3 is 12.3 Å². The van der Waals surface area contributed by atoms with E-state index in [1.54, 1.807) is 20.8 Å². The van der Waals surface area contributed by atoms with Crippen LogP contribution in [-0.2, 0) is 4.74 Å². The first-order valence-electron chi connectivity index (χ1n) is 7.35. The first kappa shape index (κ1) is 21.9. The Bertz CT molecular complexity index is 367. The van der Waals surface area contributed by atoms with Gasteiger partial charge in [0.05, 0.1) is 13.1 Å². The maximum atomic E-state index is 13.6. The summed E-state index contributed by atoms with van der Waals surface area (Å²) in [6.45, 7) is 4.70. The fourth-order valence-electron chi connectivity index (χ4n) is 1.61. The summed E-state index contributed by atoms with van der Waals surface area (Å²) < 4.78 is 67.9. The number of ether oxygens (including phenoxy) is 1. The van der Waals surface area contributed by atoms with Crippen LogP contribution in [0, 0.1) is 0 Å². The quantitative estimate of drug-likeness (QED) is 0.655. The van der Waals surface area contributed by atoms with Gasteiger partial charge in [0, 0.05) is 12.5 Å². The molecule has 0 radical (unpaired) electrons. The van der Waals surface area contributed by atoms with E-state index in [4.69, 9.17) is 4.74 Å². The van der Waals surface area contributed by atoms with Crippen molar-refractivity contribution in [2.24, 2.45) is 0 Å². The van der Waals surface area contributed by atoms with Crippen LogP contribution in [0.2, 0.25) is 0 Å². The lowest BCUT2D eigenvalue weighted by Crippen LogP contribution is -2.46. The molecule has 0 fully saturated rings. The number of halogens is 5. The standard InChI is InChI=1S/C14H25F5N2O2/c1-10(6-5-7-14(17,18)19)20-8-13(15,16)9-21-11(22)23-12(2,3)4/h10,20H,5-9H2,1-4H3,(H,21,22). The van der Waals surface area contributed by atoms with Crippen molar-refractivity contribution in [3.63, 3.8) is 0 Å². The van der Waals surface area contributed by atoms with Gasteiger partial charge in [-0.15, -0.1) is 0 Å². The minimum atomic E-state index is -4.24. The lowest BCUT2D eigenvalue weighted by atomic mass is 10.1. The van der Waals surface area contributed by atoms with E-state index in [1.165, 1.54) is 6.92 Å². The van der Waals surface area contributed by atoms with Crippen LogP contribution in [0.3, 0.4) is 0 Å². The second kappa shape index (κ2) is 8.65. The van der Waals surface area contributed by atoms with Crippen molar-refractivity contribution in [2.75, 3.05) is 13.1 Å². The summed E-state index contributed by atoms with van der Waals surface area (Å²) in [5, 5.41) is 4.44. The van der Waals surface area contributed by atoms with Gasteiger partial charge in [0.15, 0.2) is 0 Å². The van der Waals surface area contributed by atoms with Crippen molar-refractivity contribution in [1.82, 2.24) is 10.6 Å². The Morgan fingerprint density at radius 1 is 1.09 bits per heavy atom. The summed E-state index contributed by atoms with van der Waals surface area (Å²) in [4.78, 5) is 11.3. The van der Waals surface area contributed by atoms with Gasteiger partial charge in [-0.2, -0.15) is 13.2 Å². The van der Waals surface area contributed by atoms with Crippen molar-refractivity contribution < 1.29 is 31.5 Å². The normalized spacial score (nSPS) is 14.5. The number of alkyl carbamates (subject to hydrolysis) is 1. The van der Waals surface area contributed by atoms with Crippen LogP contribution >= 0.6 is 0 Å². The zero-order valence-corrected chi connectivity index (χ0v) is 13.8. The number of carbonyl (C=O) groups excluding carboxylic acids is 1. The Kier molecular flexibility index (Phi) is 8.23. The van der Waals surface area contributed by atoms with E-state index in [0.29, 0.717) is 0 Å². The molecule has 0 aliphatic rings. The SMILES string of the molecule is CC(CCCC(F)(F)F)NCC(F)(F)CNC(=O)OC(C)(C)C. The molecule has 23 heavy (non-hydrogen) atoms. The second-order valence-corrected chi connectivity index (χ2v) is 6.50. The van der Waals surface area contributed by atoms with Gasteiger partial charge in [-0.1, -0.05) is 0 Å². The highest BCUT2D eigenvalue weighted by Crippen LogP contribution is 2.22. The highest BCUT2D eigenvalue weighted by molar-refractivity contribution is 5.67. The van der Waals surface area contributed by atoms with E-state index in [0.717, 1.165) is 0 Å².